The first-order chi connectivity index (χ1) is 24.0. The average molecular weight is 662 g/mol. The molecule has 2 aromatic carbocycles. The highest BCUT2D eigenvalue weighted by atomic mass is 16.7. The normalized spacial score (nSPS) is 18.8. The van der Waals surface area contributed by atoms with Crippen LogP contribution in [-0.2, 0) is 27.2 Å². The highest BCUT2D eigenvalue weighted by Gasteiger charge is 2.34. The number of imidazole rings is 1. The second-order valence-corrected chi connectivity index (χ2v) is 12.7. The number of rotatable bonds is 10. The molecule has 2 aliphatic heterocycles. The molecule has 252 valence electrons. The summed E-state index contributed by atoms with van der Waals surface area (Å²) in [5.41, 5.74) is 8.10. The summed E-state index contributed by atoms with van der Waals surface area (Å²) in [7, 11) is 5.37. The van der Waals surface area contributed by atoms with Crippen molar-refractivity contribution >= 4 is 28.7 Å². The number of nitrogens with zero attached hydrogens (tertiary/aromatic N) is 6. The van der Waals surface area contributed by atoms with Crippen LogP contribution in [0, 0.1) is 0 Å². The van der Waals surface area contributed by atoms with Crippen LogP contribution < -0.4 is 19.9 Å². The van der Waals surface area contributed by atoms with Crippen molar-refractivity contribution in [3.8, 4) is 17.0 Å². The van der Waals surface area contributed by atoms with Crippen molar-refractivity contribution in [3.05, 3.63) is 95.4 Å². The van der Waals surface area contributed by atoms with Crippen LogP contribution in [0.25, 0.3) is 16.9 Å². The molecular weight excluding hydrogens is 622 g/mol. The van der Waals surface area contributed by atoms with Crippen molar-refractivity contribution in [1.29, 1.82) is 0 Å². The summed E-state index contributed by atoms with van der Waals surface area (Å²) in [4.78, 5) is 27.5. The molecule has 1 amide bonds. The van der Waals surface area contributed by atoms with Gasteiger partial charge in [-0.2, -0.15) is 0 Å². The van der Waals surface area contributed by atoms with Crippen molar-refractivity contribution in [1.82, 2.24) is 24.9 Å². The molecule has 12 nitrogen and oxygen atoms in total. The van der Waals surface area contributed by atoms with E-state index in [-0.39, 0.29) is 24.3 Å². The average Bonchev–Trinajstić information content (AvgIpc) is 3.91. The number of methoxy groups -OCH3 is 2. The molecule has 1 saturated carbocycles. The zero-order valence-corrected chi connectivity index (χ0v) is 27.8. The van der Waals surface area contributed by atoms with Crippen molar-refractivity contribution in [2.45, 2.75) is 44.2 Å². The van der Waals surface area contributed by atoms with Gasteiger partial charge >= 0.3 is 0 Å². The van der Waals surface area contributed by atoms with Gasteiger partial charge in [-0.15, -0.1) is 5.10 Å². The predicted octanol–water partition coefficient (Wildman–Crippen LogP) is 5.08. The van der Waals surface area contributed by atoms with E-state index in [2.05, 4.69) is 51.5 Å². The van der Waals surface area contributed by atoms with Gasteiger partial charge in [-0.25, -0.2) is 9.50 Å². The lowest BCUT2D eigenvalue weighted by Gasteiger charge is -2.35. The molecule has 0 radical (unpaired) electrons. The van der Waals surface area contributed by atoms with Crippen molar-refractivity contribution < 1.29 is 23.7 Å². The summed E-state index contributed by atoms with van der Waals surface area (Å²) in [6.07, 6.45) is 5.73. The zero-order valence-electron chi connectivity index (χ0n) is 27.8. The number of aromatic nitrogens is 4. The Labute approximate surface area is 284 Å². The summed E-state index contributed by atoms with van der Waals surface area (Å²) in [6, 6.07) is 20.4. The van der Waals surface area contributed by atoms with Crippen LogP contribution in [0.2, 0.25) is 0 Å². The van der Waals surface area contributed by atoms with Crippen LogP contribution in [0.4, 0.5) is 17.2 Å². The third-order valence-corrected chi connectivity index (χ3v) is 9.75. The molecule has 5 heterocycles. The third-order valence-electron chi connectivity index (χ3n) is 9.75. The minimum absolute atomic E-state index is 0.0169. The maximum atomic E-state index is 13.6. The molecular formula is C37H39N7O5. The molecule has 0 spiro atoms. The topological polar surface area (TPSA) is 116 Å². The number of fused-ring (bicyclic) bond motifs is 2. The number of anilines is 3. The second-order valence-electron chi connectivity index (χ2n) is 12.7. The highest BCUT2D eigenvalue weighted by Crippen LogP contribution is 2.40. The van der Waals surface area contributed by atoms with E-state index in [9.17, 15) is 4.79 Å². The highest BCUT2D eigenvalue weighted by molar-refractivity contribution is 5.94. The molecule has 2 atom stereocenters. The van der Waals surface area contributed by atoms with Crippen molar-refractivity contribution in [2.24, 2.45) is 0 Å². The fraction of sp³-hybridized carbons (Fsp3) is 0.351. The van der Waals surface area contributed by atoms with Crippen LogP contribution in [0.5, 0.6) is 5.75 Å². The Hall–Kier alpha value is -5.04. The number of ether oxygens (including phenoxy) is 4. The van der Waals surface area contributed by atoms with Crippen LogP contribution in [0.3, 0.4) is 0 Å². The summed E-state index contributed by atoms with van der Waals surface area (Å²) in [5.74, 6) is 1.31. The monoisotopic (exact) mass is 661 g/mol. The molecule has 3 aromatic heterocycles. The Morgan fingerprint density at radius 2 is 1.86 bits per heavy atom. The molecule has 1 N–H and O–H groups in total. The van der Waals surface area contributed by atoms with E-state index in [0.717, 1.165) is 71.1 Å². The van der Waals surface area contributed by atoms with E-state index in [0.29, 0.717) is 31.1 Å². The number of hydrogen-bond acceptors (Lipinski definition) is 10. The van der Waals surface area contributed by atoms with Crippen LogP contribution >= 0.6 is 0 Å². The largest absolute Gasteiger partial charge is 0.497 e. The summed E-state index contributed by atoms with van der Waals surface area (Å²) in [6.45, 7) is 2.52. The first-order valence-electron chi connectivity index (χ1n) is 16.7. The van der Waals surface area contributed by atoms with E-state index in [1.54, 1.807) is 24.9 Å². The fourth-order valence-corrected chi connectivity index (χ4v) is 6.92. The third kappa shape index (κ3) is 5.85. The number of carbonyl (C=O) groups excluding carboxylic acids is 1. The number of pyridine rings is 1. The Kier molecular flexibility index (Phi) is 8.36. The summed E-state index contributed by atoms with van der Waals surface area (Å²) >= 11 is 0. The minimum atomic E-state index is -0.359. The Bertz CT molecular complexity index is 1970. The molecule has 1 saturated heterocycles. The molecule has 1 aliphatic carbocycles. The molecule has 0 unspecified atom stereocenters. The Balaban J connectivity index is 1.15. The molecule has 49 heavy (non-hydrogen) atoms. The number of carbonyl (C=O) groups is 1. The number of benzene rings is 2. The van der Waals surface area contributed by atoms with Gasteiger partial charge in [-0.05, 0) is 54.7 Å². The first-order valence-corrected chi connectivity index (χ1v) is 16.7. The van der Waals surface area contributed by atoms with Crippen LogP contribution in [0.1, 0.15) is 46.3 Å². The SMILES string of the molecule is COc1ccc(CN(C)c2cc(N3CCc4c(-c5ccc(C6OCCO6)cn5)cccc43)nn3c(C(=O)N[C@@H]4CC[C@H]4OC)cnc23)cc1. The van der Waals surface area contributed by atoms with Crippen molar-refractivity contribution in [3.63, 3.8) is 0 Å². The van der Waals surface area contributed by atoms with E-state index in [4.69, 9.17) is 34.0 Å². The van der Waals surface area contributed by atoms with E-state index in [1.165, 1.54) is 5.56 Å². The van der Waals surface area contributed by atoms with Gasteiger partial charge in [-0.1, -0.05) is 30.3 Å². The van der Waals surface area contributed by atoms with Gasteiger partial charge in [-0.3, -0.25) is 9.78 Å². The number of amides is 1. The second kappa shape index (κ2) is 13.1. The van der Waals surface area contributed by atoms with Gasteiger partial charge in [0.05, 0.1) is 50.0 Å². The van der Waals surface area contributed by atoms with Gasteiger partial charge < -0.3 is 34.1 Å². The molecule has 2 fully saturated rings. The van der Waals surface area contributed by atoms with Gasteiger partial charge in [0.25, 0.3) is 5.91 Å². The van der Waals surface area contributed by atoms with Crippen LogP contribution in [-0.4, -0.2) is 78.7 Å². The van der Waals surface area contributed by atoms with Gasteiger partial charge in [0.2, 0.25) is 0 Å². The smallest absolute Gasteiger partial charge is 0.271 e. The summed E-state index contributed by atoms with van der Waals surface area (Å²) in [5, 5.41) is 8.20. The van der Waals surface area contributed by atoms with Gasteiger partial charge in [0, 0.05) is 56.3 Å². The number of nitrogens with one attached hydrogen (secondary N) is 1. The van der Waals surface area contributed by atoms with Gasteiger partial charge in [0.1, 0.15) is 5.75 Å². The van der Waals surface area contributed by atoms with E-state index < -0.39 is 0 Å². The summed E-state index contributed by atoms with van der Waals surface area (Å²) < 4.78 is 23.9. The first kappa shape index (κ1) is 31.2. The molecule has 0 bridgehead atoms. The Morgan fingerprint density at radius 3 is 2.57 bits per heavy atom. The van der Waals surface area contributed by atoms with Gasteiger partial charge in [0.15, 0.2) is 23.4 Å². The van der Waals surface area contributed by atoms with Crippen LogP contribution in [0.15, 0.2) is 73.1 Å². The fourth-order valence-electron chi connectivity index (χ4n) is 6.92. The lowest BCUT2D eigenvalue weighted by molar-refractivity contribution is -0.0443. The predicted molar refractivity (Wildman–Crippen MR) is 184 cm³/mol. The molecule has 12 heteroatoms. The molecule has 3 aliphatic rings. The van der Waals surface area contributed by atoms with E-state index in [1.807, 2.05) is 37.5 Å². The minimum Gasteiger partial charge on any atom is -0.497 e. The van der Waals surface area contributed by atoms with Crippen molar-refractivity contribution in [2.75, 3.05) is 50.8 Å². The number of hydrogen-bond donors (Lipinski definition) is 1. The maximum Gasteiger partial charge on any atom is 0.271 e. The lowest BCUT2D eigenvalue weighted by Crippen LogP contribution is -2.51. The Morgan fingerprint density at radius 1 is 1.02 bits per heavy atom. The zero-order chi connectivity index (χ0) is 33.5. The molecule has 5 aromatic rings. The standard InChI is InChI=1S/C37H39N7O5/c1-42(22-23-7-10-25(46-2)11-8-23)31-19-34(41-44-32(21-39-35(31)44)36(45)40-29-13-14-33(29)47-3)43-16-15-27-26(5-4-6-30(27)43)28-12-9-24(20-38-28)37-48-17-18-49-37/h4-12,19-21,29,33,37H,13-18,22H2,1-3H3,(H,40,45)/t29-,33-/m1/s1. The lowest BCUT2D eigenvalue weighted by atomic mass is 9.89. The molecule has 8 rings (SSSR count). The quantitative estimate of drug-likeness (QED) is 0.217. The van der Waals surface area contributed by atoms with E-state index >= 15 is 0 Å². The maximum absolute atomic E-state index is 13.6.